The van der Waals surface area contributed by atoms with Crippen LogP contribution in [0.5, 0.6) is 0 Å². The van der Waals surface area contributed by atoms with Crippen LogP contribution in [0.4, 0.5) is 4.39 Å². The Morgan fingerprint density at radius 1 is 1.38 bits per heavy atom. The van der Waals surface area contributed by atoms with E-state index in [1.54, 1.807) is 19.9 Å². The van der Waals surface area contributed by atoms with Crippen LogP contribution in [0.15, 0.2) is 24.3 Å². The highest BCUT2D eigenvalue weighted by atomic mass is 19.1. The third kappa shape index (κ3) is 2.15. The molecule has 0 spiro atoms. The van der Waals surface area contributed by atoms with Crippen LogP contribution in [0.1, 0.15) is 25.5 Å². The monoisotopic (exact) mass is 334 g/mol. The molecular weight excluding hydrogens is 315 g/mol. The maximum absolute atomic E-state index is 13.6. The van der Waals surface area contributed by atoms with Gasteiger partial charge in [-0.3, -0.25) is 24.6 Å². The van der Waals surface area contributed by atoms with Crippen LogP contribution >= 0.6 is 0 Å². The summed E-state index contributed by atoms with van der Waals surface area (Å²) in [6, 6.07) is 5.18. The summed E-state index contributed by atoms with van der Waals surface area (Å²) < 4.78 is 18.5. The molecule has 4 atom stereocenters. The summed E-state index contributed by atoms with van der Waals surface area (Å²) in [6.07, 6.45) is 0. The highest BCUT2D eigenvalue weighted by Gasteiger charge is 2.66. The van der Waals surface area contributed by atoms with Gasteiger partial charge in [-0.05, 0) is 31.5 Å². The van der Waals surface area contributed by atoms with Gasteiger partial charge in [0.2, 0.25) is 11.8 Å². The number of fused-ring (bicyclic) bond motifs is 1. The molecule has 0 aliphatic carbocycles. The number of carbonyl (C=O) groups excluding carboxylic acids is 3. The Morgan fingerprint density at radius 2 is 2.08 bits per heavy atom. The molecule has 1 aromatic carbocycles. The molecule has 2 amide bonds. The molecule has 0 aromatic heterocycles. The van der Waals surface area contributed by atoms with Crippen molar-refractivity contribution in [3.05, 3.63) is 35.6 Å². The molecule has 2 aliphatic heterocycles. The Morgan fingerprint density at radius 3 is 2.67 bits per heavy atom. The highest BCUT2D eigenvalue weighted by molar-refractivity contribution is 6.09. The maximum Gasteiger partial charge on any atom is 0.326 e. The lowest BCUT2D eigenvalue weighted by Crippen LogP contribution is -2.53. The van der Waals surface area contributed by atoms with E-state index in [1.807, 2.05) is 0 Å². The van der Waals surface area contributed by atoms with Crippen molar-refractivity contribution in [1.82, 2.24) is 10.2 Å². The number of hydrogen-bond donors (Lipinski definition) is 1. The number of esters is 1. The number of imide groups is 1. The zero-order chi connectivity index (χ0) is 17.6. The molecule has 3 rings (SSSR count). The lowest BCUT2D eigenvalue weighted by atomic mass is 9.80. The van der Waals surface area contributed by atoms with E-state index >= 15 is 0 Å². The molecule has 0 bridgehead atoms. The molecule has 24 heavy (non-hydrogen) atoms. The van der Waals surface area contributed by atoms with E-state index < -0.39 is 41.1 Å². The standard InChI is InChI=1S/C17H19FN2O4/c1-4-20-14(21)11-12(15(20)22)17(2,16(23)24-3)19-13(11)9-6-5-7-10(18)8-9/h5-8,11-13,19H,4H2,1-3H3/t11-,12+,13-,17-/m1/s1. The van der Waals surface area contributed by atoms with Gasteiger partial charge in [0, 0.05) is 12.6 Å². The summed E-state index contributed by atoms with van der Waals surface area (Å²) in [5, 5.41) is 3.06. The minimum atomic E-state index is -1.34. The Labute approximate surface area is 139 Å². The lowest BCUT2D eigenvalue weighted by Gasteiger charge is -2.28. The van der Waals surface area contributed by atoms with Crippen molar-refractivity contribution >= 4 is 17.8 Å². The van der Waals surface area contributed by atoms with Crippen LogP contribution in [-0.2, 0) is 19.1 Å². The van der Waals surface area contributed by atoms with Crippen molar-refractivity contribution in [2.75, 3.05) is 13.7 Å². The Balaban J connectivity index is 2.11. The number of methoxy groups -OCH3 is 1. The molecule has 2 fully saturated rings. The van der Waals surface area contributed by atoms with Gasteiger partial charge in [-0.15, -0.1) is 0 Å². The first-order valence-corrected chi connectivity index (χ1v) is 7.82. The summed E-state index contributed by atoms with van der Waals surface area (Å²) in [5.41, 5.74) is -0.815. The summed E-state index contributed by atoms with van der Waals surface area (Å²) in [6.45, 7) is 3.49. The number of rotatable bonds is 3. The largest absolute Gasteiger partial charge is 0.468 e. The first kappa shape index (κ1) is 16.6. The molecule has 0 unspecified atom stereocenters. The highest BCUT2D eigenvalue weighted by Crippen LogP contribution is 2.48. The SMILES string of the molecule is CCN1C(=O)[C@H]2[C@@H](c3cccc(F)c3)N[C@@](C)(C(=O)OC)[C@@H]2C1=O. The maximum atomic E-state index is 13.6. The number of nitrogens with zero attached hydrogens (tertiary/aromatic N) is 1. The smallest absolute Gasteiger partial charge is 0.326 e. The third-order valence-electron chi connectivity index (χ3n) is 5.01. The van der Waals surface area contributed by atoms with Crippen LogP contribution in [0, 0.1) is 17.7 Å². The molecule has 2 heterocycles. The van der Waals surface area contributed by atoms with E-state index in [4.69, 9.17) is 4.74 Å². The van der Waals surface area contributed by atoms with Crippen LogP contribution in [0.2, 0.25) is 0 Å². The molecule has 2 aliphatic rings. The van der Waals surface area contributed by atoms with Gasteiger partial charge in [0.15, 0.2) is 0 Å². The second-order valence-corrected chi connectivity index (χ2v) is 6.30. The van der Waals surface area contributed by atoms with E-state index in [1.165, 1.54) is 25.3 Å². The summed E-state index contributed by atoms with van der Waals surface area (Å²) in [5.74, 6) is -3.43. The van der Waals surface area contributed by atoms with Crippen LogP contribution in [-0.4, -0.2) is 41.9 Å². The molecule has 1 N–H and O–H groups in total. The molecule has 0 saturated carbocycles. The molecule has 6 nitrogen and oxygen atoms in total. The molecule has 1 aromatic rings. The third-order valence-corrected chi connectivity index (χ3v) is 5.01. The fourth-order valence-corrected chi connectivity index (χ4v) is 3.90. The van der Waals surface area contributed by atoms with Gasteiger partial charge in [0.1, 0.15) is 11.4 Å². The van der Waals surface area contributed by atoms with E-state index in [0.29, 0.717) is 5.56 Å². The van der Waals surface area contributed by atoms with Gasteiger partial charge >= 0.3 is 5.97 Å². The first-order chi connectivity index (χ1) is 11.3. The minimum absolute atomic E-state index is 0.234. The second-order valence-electron chi connectivity index (χ2n) is 6.30. The van der Waals surface area contributed by atoms with Crippen molar-refractivity contribution < 1.29 is 23.5 Å². The lowest BCUT2D eigenvalue weighted by molar-refractivity contribution is -0.153. The zero-order valence-electron chi connectivity index (χ0n) is 13.7. The number of benzene rings is 1. The van der Waals surface area contributed by atoms with Crippen molar-refractivity contribution in [2.45, 2.75) is 25.4 Å². The zero-order valence-corrected chi connectivity index (χ0v) is 13.7. The second kappa shape index (κ2) is 5.66. The average Bonchev–Trinajstić information content (AvgIpc) is 3.01. The predicted molar refractivity (Wildman–Crippen MR) is 82.1 cm³/mol. The number of nitrogens with one attached hydrogen (secondary N) is 1. The quantitative estimate of drug-likeness (QED) is 0.660. The van der Waals surface area contributed by atoms with Gasteiger partial charge in [-0.2, -0.15) is 0 Å². The van der Waals surface area contributed by atoms with Crippen molar-refractivity contribution in [3.8, 4) is 0 Å². The number of halogens is 1. The Bertz CT molecular complexity index is 722. The van der Waals surface area contributed by atoms with E-state index in [2.05, 4.69) is 5.32 Å². The van der Waals surface area contributed by atoms with Gasteiger partial charge in [0.05, 0.1) is 18.9 Å². The molecule has 0 radical (unpaired) electrons. The number of ether oxygens (including phenoxy) is 1. The number of likely N-dealkylation sites (tertiary alicyclic amines) is 1. The van der Waals surface area contributed by atoms with Crippen LogP contribution < -0.4 is 5.32 Å². The Kier molecular flexibility index (Phi) is 3.91. The van der Waals surface area contributed by atoms with Gasteiger partial charge in [-0.1, -0.05) is 12.1 Å². The first-order valence-electron chi connectivity index (χ1n) is 7.82. The van der Waals surface area contributed by atoms with Gasteiger partial charge in [-0.25, -0.2) is 4.39 Å². The number of hydrogen-bond acceptors (Lipinski definition) is 5. The van der Waals surface area contributed by atoms with E-state index in [0.717, 1.165) is 4.90 Å². The van der Waals surface area contributed by atoms with Crippen molar-refractivity contribution in [3.63, 3.8) is 0 Å². The van der Waals surface area contributed by atoms with E-state index in [9.17, 15) is 18.8 Å². The summed E-state index contributed by atoms with van der Waals surface area (Å²) in [7, 11) is 1.23. The fourth-order valence-electron chi connectivity index (χ4n) is 3.90. The fraction of sp³-hybridized carbons (Fsp3) is 0.471. The van der Waals surface area contributed by atoms with Gasteiger partial charge in [0.25, 0.3) is 0 Å². The van der Waals surface area contributed by atoms with E-state index in [-0.39, 0.29) is 12.5 Å². The molecule has 2 saturated heterocycles. The van der Waals surface area contributed by atoms with Crippen molar-refractivity contribution in [1.29, 1.82) is 0 Å². The van der Waals surface area contributed by atoms with Crippen LogP contribution in [0.3, 0.4) is 0 Å². The Hall–Kier alpha value is -2.28. The molecule has 7 heteroatoms. The van der Waals surface area contributed by atoms with Gasteiger partial charge < -0.3 is 4.74 Å². The topological polar surface area (TPSA) is 75.7 Å². The minimum Gasteiger partial charge on any atom is -0.468 e. The number of carbonyl (C=O) groups is 3. The normalized spacial score (nSPS) is 32.2. The average molecular weight is 334 g/mol. The summed E-state index contributed by atoms with van der Waals surface area (Å²) >= 11 is 0. The van der Waals surface area contributed by atoms with Crippen LogP contribution in [0.25, 0.3) is 0 Å². The molecule has 128 valence electrons. The number of amides is 2. The molecular formula is C17H19FN2O4. The van der Waals surface area contributed by atoms with Crippen molar-refractivity contribution in [2.24, 2.45) is 11.8 Å². The predicted octanol–water partition coefficient (Wildman–Crippen LogP) is 1.02. The summed E-state index contributed by atoms with van der Waals surface area (Å²) in [4.78, 5) is 38.9.